The van der Waals surface area contributed by atoms with Gasteiger partial charge in [0.15, 0.2) is 0 Å². The van der Waals surface area contributed by atoms with Crippen molar-refractivity contribution in [2.24, 2.45) is 4.99 Å². The Balaban J connectivity index is 2.17. The average Bonchev–Trinajstić information content (AvgIpc) is 2.66. The summed E-state index contributed by atoms with van der Waals surface area (Å²) in [6.45, 7) is -0.685. The molecule has 0 bridgehead atoms. The molecule has 7 nitrogen and oxygen atoms in total. The van der Waals surface area contributed by atoms with Gasteiger partial charge in [0.25, 0.3) is 10.0 Å². The molecule has 1 aliphatic rings. The number of rotatable bonds is 4. The van der Waals surface area contributed by atoms with Gasteiger partial charge in [0.1, 0.15) is 19.0 Å². The molecule has 0 aliphatic carbocycles. The quantitative estimate of drug-likeness (QED) is 0.709. The minimum atomic E-state index is -3.59. The summed E-state index contributed by atoms with van der Waals surface area (Å²) in [5.74, 6) is -0.512. The Morgan fingerprint density at radius 1 is 1.37 bits per heavy atom. The summed E-state index contributed by atoms with van der Waals surface area (Å²) in [4.78, 5) is 15.2. The minimum Gasteiger partial charge on any atom is -0.462 e. The first-order chi connectivity index (χ1) is 9.04. The van der Waals surface area contributed by atoms with Crippen LogP contribution in [0.1, 0.15) is 5.56 Å². The Morgan fingerprint density at radius 3 is 2.84 bits per heavy atom. The van der Waals surface area contributed by atoms with Gasteiger partial charge in [-0.25, -0.2) is 8.42 Å². The van der Waals surface area contributed by atoms with E-state index in [1.807, 2.05) is 0 Å². The van der Waals surface area contributed by atoms with Crippen LogP contribution in [0.4, 0.5) is 0 Å². The van der Waals surface area contributed by atoms with Crippen molar-refractivity contribution in [3.05, 3.63) is 29.8 Å². The highest BCUT2D eigenvalue weighted by atomic mass is 32.2. The molecule has 0 spiro atoms. The topological polar surface area (TPSA) is 105 Å². The SMILES string of the molecule is O=C(CN=C1NS(=O)(=O)c2ccccc21)OCCO. The largest absolute Gasteiger partial charge is 0.462 e. The lowest BCUT2D eigenvalue weighted by Crippen LogP contribution is -2.23. The fourth-order valence-corrected chi connectivity index (χ4v) is 2.85. The van der Waals surface area contributed by atoms with E-state index in [2.05, 4.69) is 14.5 Å². The molecule has 2 N–H and O–H groups in total. The van der Waals surface area contributed by atoms with E-state index in [9.17, 15) is 13.2 Å². The van der Waals surface area contributed by atoms with Gasteiger partial charge < -0.3 is 9.84 Å². The minimum absolute atomic E-state index is 0.105. The van der Waals surface area contributed by atoms with Gasteiger partial charge in [-0.05, 0) is 12.1 Å². The van der Waals surface area contributed by atoms with Gasteiger partial charge in [-0.1, -0.05) is 12.1 Å². The molecular weight excluding hydrogens is 272 g/mol. The van der Waals surface area contributed by atoms with Crippen molar-refractivity contribution in [3.63, 3.8) is 0 Å². The van der Waals surface area contributed by atoms with Crippen LogP contribution in [0.15, 0.2) is 34.2 Å². The van der Waals surface area contributed by atoms with Crippen LogP contribution >= 0.6 is 0 Å². The van der Waals surface area contributed by atoms with Crippen LogP contribution in [0.2, 0.25) is 0 Å². The zero-order valence-corrected chi connectivity index (χ0v) is 10.7. The Kier molecular flexibility index (Phi) is 3.82. The number of carbonyl (C=O) groups excluding carboxylic acids is 1. The lowest BCUT2D eigenvalue weighted by molar-refractivity contribution is -0.142. The third-order valence-electron chi connectivity index (χ3n) is 2.38. The molecule has 2 rings (SSSR count). The first-order valence-corrected chi connectivity index (χ1v) is 6.96. The van der Waals surface area contributed by atoms with Crippen LogP contribution < -0.4 is 4.72 Å². The van der Waals surface area contributed by atoms with E-state index in [0.717, 1.165) is 0 Å². The molecule has 102 valence electrons. The number of carbonyl (C=O) groups is 1. The number of aliphatic hydroxyl groups is 1. The molecule has 0 unspecified atom stereocenters. The van der Waals surface area contributed by atoms with Crippen LogP contribution in [0, 0.1) is 0 Å². The van der Waals surface area contributed by atoms with Gasteiger partial charge in [0.05, 0.1) is 11.5 Å². The monoisotopic (exact) mass is 284 g/mol. The molecule has 8 heteroatoms. The molecule has 0 saturated heterocycles. The first kappa shape index (κ1) is 13.5. The van der Waals surface area contributed by atoms with Crippen molar-refractivity contribution >= 4 is 21.8 Å². The van der Waals surface area contributed by atoms with Crippen molar-refractivity contribution in [2.75, 3.05) is 19.8 Å². The summed E-state index contributed by atoms with van der Waals surface area (Å²) in [5.41, 5.74) is 0.428. The maximum atomic E-state index is 11.7. The number of hydrogen-bond acceptors (Lipinski definition) is 6. The van der Waals surface area contributed by atoms with Gasteiger partial charge in [-0.2, -0.15) is 0 Å². The molecular formula is C11H12N2O5S. The molecule has 0 atom stereocenters. The van der Waals surface area contributed by atoms with Crippen molar-refractivity contribution < 1.29 is 23.1 Å². The summed E-state index contributed by atoms with van der Waals surface area (Å²) in [5, 5.41) is 8.49. The van der Waals surface area contributed by atoms with E-state index in [4.69, 9.17) is 5.11 Å². The highest BCUT2D eigenvalue weighted by Gasteiger charge is 2.30. The van der Waals surface area contributed by atoms with Gasteiger partial charge in [0, 0.05) is 5.56 Å². The molecule has 0 saturated carbocycles. The molecule has 1 aromatic rings. The zero-order valence-electron chi connectivity index (χ0n) is 9.87. The maximum Gasteiger partial charge on any atom is 0.327 e. The molecule has 19 heavy (non-hydrogen) atoms. The number of fused-ring (bicyclic) bond motifs is 1. The van der Waals surface area contributed by atoms with Crippen LogP contribution in [0.5, 0.6) is 0 Å². The Morgan fingerprint density at radius 2 is 2.11 bits per heavy atom. The zero-order chi connectivity index (χ0) is 13.9. The Bertz CT molecular complexity index is 624. The van der Waals surface area contributed by atoms with Crippen molar-refractivity contribution in [3.8, 4) is 0 Å². The summed E-state index contributed by atoms with van der Waals surface area (Å²) < 4.78 is 30.4. The van der Waals surface area contributed by atoms with Crippen molar-refractivity contribution in [1.29, 1.82) is 0 Å². The van der Waals surface area contributed by atoms with E-state index in [1.54, 1.807) is 18.2 Å². The highest BCUT2D eigenvalue weighted by molar-refractivity contribution is 7.90. The van der Waals surface area contributed by atoms with Crippen LogP contribution in [0.25, 0.3) is 0 Å². The Labute approximate surface area is 110 Å². The average molecular weight is 284 g/mol. The molecule has 0 fully saturated rings. The number of esters is 1. The lowest BCUT2D eigenvalue weighted by Gasteiger charge is -2.01. The molecule has 1 aromatic carbocycles. The third kappa shape index (κ3) is 2.91. The fraction of sp³-hybridized carbons (Fsp3) is 0.273. The number of aliphatic hydroxyl groups excluding tert-OH is 1. The van der Waals surface area contributed by atoms with Crippen molar-refractivity contribution in [2.45, 2.75) is 4.90 Å². The second kappa shape index (κ2) is 5.37. The standard InChI is InChI=1S/C11H12N2O5S/c14-5-6-18-10(15)7-12-11-8-3-1-2-4-9(8)19(16,17)13-11/h1-4,14H,5-7H2,(H,12,13). The first-order valence-electron chi connectivity index (χ1n) is 5.48. The maximum absolute atomic E-state index is 11.7. The third-order valence-corrected chi connectivity index (χ3v) is 3.78. The van der Waals surface area contributed by atoms with Crippen LogP contribution in [0.3, 0.4) is 0 Å². The second-order valence-electron chi connectivity index (χ2n) is 3.71. The number of sulfonamides is 1. The summed E-state index contributed by atoms with van der Waals surface area (Å²) >= 11 is 0. The van der Waals surface area contributed by atoms with E-state index in [1.165, 1.54) is 6.07 Å². The number of nitrogens with one attached hydrogen (secondary N) is 1. The van der Waals surface area contributed by atoms with E-state index in [0.29, 0.717) is 5.56 Å². The highest BCUT2D eigenvalue weighted by Crippen LogP contribution is 2.21. The summed E-state index contributed by atoms with van der Waals surface area (Å²) in [6, 6.07) is 6.35. The predicted octanol–water partition coefficient (Wildman–Crippen LogP) is -0.739. The lowest BCUT2D eigenvalue weighted by atomic mass is 10.2. The van der Waals surface area contributed by atoms with Gasteiger partial charge in [-0.3, -0.25) is 14.5 Å². The molecule has 1 aliphatic heterocycles. The smallest absolute Gasteiger partial charge is 0.327 e. The Hall–Kier alpha value is -1.93. The van der Waals surface area contributed by atoms with E-state index >= 15 is 0 Å². The second-order valence-corrected chi connectivity index (χ2v) is 5.36. The van der Waals surface area contributed by atoms with Crippen LogP contribution in [-0.2, 0) is 19.6 Å². The molecule has 1 heterocycles. The summed E-state index contributed by atoms with van der Waals surface area (Å²) in [7, 11) is -3.59. The fourth-order valence-electron chi connectivity index (χ4n) is 1.60. The number of nitrogens with zero attached hydrogens (tertiary/aromatic N) is 1. The normalized spacial score (nSPS) is 17.8. The number of aliphatic imine (C=N–C) groups is 1. The van der Waals surface area contributed by atoms with Gasteiger partial charge >= 0.3 is 5.97 Å². The van der Waals surface area contributed by atoms with Crippen molar-refractivity contribution in [1.82, 2.24) is 4.72 Å². The molecule has 0 aromatic heterocycles. The number of ether oxygens (including phenoxy) is 1. The van der Waals surface area contributed by atoms with Gasteiger partial charge in [0.2, 0.25) is 0 Å². The molecule has 0 radical (unpaired) electrons. The number of benzene rings is 1. The van der Waals surface area contributed by atoms with Crippen LogP contribution in [-0.4, -0.2) is 45.1 Å². The molecule has 0 amide bonds. The summed E-state index contributed by atoms with van der Waals surface area (Å²) in [6.07, 6.45) is 0. The van der Waals surface area contributed by atoms with E-state index in [-0.39, 0.29) is 30.5 Å². The van der Waals surface area contributed by atoms with Gasteiger partial charge in [-0.15, -0.1) is 0 Å². The van der Waals surface area contributed by atoms with E-state index < -0.39 is 16.0 Å². The number of hydrogen-bond donors (Lipinski definition) is 2. The predicted molar refractivity (Wildman–Crippen MR) is 66.2 cm³/mol. The number of amidine groups is 1.